The molecule has 1 aliphatic heterocycles. The van der Waals surface area contributed by atoms with Gasteiger partial charge in [0.1, 0.15) is 5.75 Å². The maximum Gasteiger partial charge on any atom is 0.258 e. The SMILES string of the molecule is CCC(C)Oc1ccc(C(=O)Nc2nc(C3CCNCC3)nn2C)cc1. The van der Waals surface area contributed by atoms with E-state index >= 15 is 0 Å². The van der Waals surface area contributed by atoms with Crippen LogP contribution in [0.3, 0.4) is 0 Å². The third-order valence-corrected chi connectivity index (χ3v) is 4.74. The van der Waals surface area contributed by atoms with Crippen LogP contribution >= 0.6 is 0 Å². The van der Waals surface area contributed by atoms with Gasteiger partial charge in [-0.15, -0.1) is 0 Å². The van der Waals surface area contributed by atoms with E-state index in [0.29, 0.717) is 17.4 Å². The number of hydrogen-bond donors (Lipinski definition) is 2. The lowest BCUT2D eigenvalue weighted by molar-refractivity contribution is 0.102. The molecule has 0 radical (unpaired) electrons. The van der Waals surface area contributed by atoms with Gasteiger partial charge in [0.2, 0.25) is 5.95 Å². The molecule has 3 rings (SSSR count). The van der Waals surface area contributed by atoms with Crippen molar-refractivity contribution in [2.45, 2.75) is 45.1 Å². The van der Waals surface area contributed by atoms with Gasteiger partial charge in [0.15, 0.2) is 5.82 Å². The minimum atomic E-state index is -0.201. The highest BCUT2D eigenvalue weighted by Gasteiger charge is 2.21. The monoisotopic (exact) mass is 357 g/mol. The van der Waals surface area contributed by atoms with Gasteiger partial charge in [0.05, 0.1) is 6.10 Å². The highest BCUT2D eigenvalue weighted by molar-refractivity contribution is 6.03. The van der Waals surface area contributed by atoms with E-state index in [4.69, 9.17) is 4.74 Å². The van der Waals surface area contributed by atoms with Gasteiger partial charge in [-0.25, -0.2) is 4.68 Å². The summed E-state index contributed by atoms with van der Waals surface area (Å²) in [6.07, 6.45) is 3.14. The summed E-state index contributed by atoms with van der Waals surface area (Å²) in [5, 5.41) is 10.7. The normalized spacial score (nSPS) is 16.3. The molecule has 1 aliphatic rings. The number of rotatable bonds is 6. The number of amides is 1. The fraction of sp³-hybridized carbons (Fsp3) is 0.526. The zero-order chi connectivity index (χ0) is 18.5. The van der Waals surface area contributed by atoms with Crippen molar-refractivity contribution >= 4 is 11.9 Å². The quantitative estimate of drug-likeness (QED) is 0.831. The van der Waals surface area contributed by atoms with E-state index in [1.165, 1.54) is 0 Å². The van der Waals surface area contributed by atoms with Gasteiger partial charge in [0, 0.05) is 18.5 Å². The third-order valence-electron chi connectivity index (χ3n) is 4.74. The van der Waals surface area contributed by atoms with E-state index in [1.54, 1.807) is 23.9 Å². The molecule has 1 unspecified atom stereocenters. The lowest BCUT2D eigenvalue weighted by Gasteiger charge is -2.19. The number of aromatic nitrogens is 3. The average molecular weight is 357 g/mol. The van der Waals surface area contributed by atoms with Gasteiger partial charge < -0.3 is 10.1 Å². The first-order chi connectivity index (χ1) is 12.6. The predicted octanol–water partition coefficient (Wildman–Crippen LogP) is 2.71. The summed E-state index contributed by atoms with van der Waals surface area (Å²) >= 11 is 0. The first-order valence-electron chi connectivity index (χ1n) is 9.26. The molecule has 0 saturated carbocycles. The lowest BCUT2D eigenvalue weighted by Crippen LogP contribution is -2.27. The number of aryl methyl sites for hydroxylation is 1. The number of benzene rings is 1. The molecule has 0 spiro atoms. The minimum absolute atomic E-state index is 0.154. The van der Waals surface area contributed by atoms with Crippen molar-refractivity contribution in [3.05, 3.63) is 35.7 Å². The number of carbonyl (C=O) groups excluding carboxylic acids is 1. The molecule has 140 valence electrons. The summed E-state index contributed by atoms with van der Waals surface area (Å²) in [7, 11) is 1.80. The first-order valence-corrected chi connectivity index (χ1v) is 9.26. The molecule has 7 nitrogen and oxygen atoms in total. The second kappa shape index (κ2) is 8.31. The van der Waals surface area contributed by atoms with E-state index in [0.717, 1.165) is 43.9 Å². The molecule has 1 atom stereocenters. The van der Waals surface area contributed by atoms with Crippen molar-refractivity contribution in [2.24, 2.45) is 7.05 Å². The lowest BCUT2D eigenvalue weighted by atomic mass is 9.98. The number of nitrogens with zero attached hydrogens (tertiary/aromatic N) is 3. The third kappa shape index (κ3) is 4.40. The van der Waals surface area contributed by atoms with Crippen molar-refractivity contribution in [3.63, 3.8) is 0 Å². The molecule has 1 aromatic heterocycles. The highest BCUT2D eigenvalue weighted by Crippen LogP contribution is 2.23. The molecule has 2 aromatic rings. The molecule has 1 fully saturated rings. The topological polar surface area (TPSA) is 81.1 Å². The zero-order valence-electron chi connectivity index (χ0n) is 15.7. The summed E-state index contributed by atoms with van der Waals surface area (Å²) in [6, 6.07) is 7.16. The minimum Gasteiger partial charge on any atom is -0.491 e. The van der Waals surface area contributed by atoms with Crippen molar-refractivity contribution in [3.8, 4) is 5.75 Å². The summed E-state index contributed by atoms with van der Waals surface area (Å²) in [4.78, 5) is 17.0. The van der Waals surface area contributed by atoms with Gasteiger partial charge in [-0.3, -0.25) is 10.1 Å². The van der Waals surface area contributed by atoms with Crippen LogP contribution in [-0.2, 0) is 7.05 Å². The van der Waals surface area contributed by atoms with Crippen molar-refractivity contribution in [2.75, 3.05) is 18.4 Å². The molecule has 26 heavy (non-hydrogen) atoms. The van der Waals surface area contributed by atoms with Crippen LogP contribution in [0, 0.1) is 0 Å². The molecule has 0 aliphatic carbocycles. The highest BCUT2D eigenvalue weighted by atomic mass is 16.5. The second-order valence-corrected chi connectivity index (χ2v) is 6.76. The molecule has 1 saturated heterocycles. The van der Waals surface area contributed by atoms with E-state index in [1.807, 2.05) is 19.1 Å². The van der Waals surface area contributed by atoms with Crippen LogP contribution in [-0.4, -0.2) is 39.9 Å². The molecule has 0 bridgehead atoms. The van der Waals surface area contributed by atoms with Crippen molar-refractivity contribution in [1.82, 2.24) is 20.1 Å². The Morgan fingerprint density at radius 2 is 2.04 bits per heavy atom. The van der Waals surface area contributed by atoms with Crippen molar-refractivity contribution < 1.29 is 9.53 Å². The van der Waals surface area contributed by atoms with E-state index in [9.17, 15) is 4.79 Å². The Hall–Kier alpha value is -2.41. The summed E-state index contributed by atoms with van der Waals surface area (Å²) in [6.45, 7) is 6.06. The number of nitrogens with one attached hydrogen (secondary N) is 2. The Bertz CT molecular complexity index is 735. The number of hydrogen-bond acceptors (Lipinski definition) is 5. The fourth-order valence-electron chi connectivity index (χ4n) is 2.94. The van der Waals surface area contributed by atoms with E-state index < -0.39 is 0 Å². The van der Waals surface area contributed by atoms with Crippen LogP contribution in [0.15, 0.2) is 24.3 Å². The van der Waals surface area contributed by atoms with Crippen LogP contribution in [0.4, 0.5) is 5.95 Å². The molecule has 1 amide bonds. The van der Waals surface area contributed by atoms with Gasteiger partial charge in [-0.05, 0) is 63.5 Å². The van der Waals surface area contributed by atoms with Crippen LogP contribution in [0.25, 0.3) is 0 Å². The van der Waals surface area contributed by atoms with E-state index in [2.05, 4.69) is 27.6 Å². The standard InChI is InChI=1S/C19H27N5O2/c1-4-13(2)26-16-7-5-15(6-8-16)18(25)22-19-21-17(23-24(19)3)14-9-11-20-12-10-14/h5-8,13-14,20H,4,9-12H2,1-3H3,(H,21,22,23,25). The average Bonchev–Trinajstić information content (AvgIpc) is 3.03. The van der Waals surface area contributed by atoms with Crippen LogP contribution in [0.1, 0.15) is 55.2 Å². The maximum atomic E-state index is 12.5. The predicted molar refractivity (Wildman–Crippen MR) is 101 cm³/mol. The fourth-order valence-corrected chi connectivity index (χ4v) is 2.94. The molecular weight excluding hydrogens is 330 g/mol. The van der Waals surface area contributed by atoms with Crippen LogP contribution in [0.2, 0.25) is 0 Å². The van der Waals surface area contributed by atoms with E-state index in [-0.39, 0.29) is 12.0 Å². The number of anilines is 1. The Morgan fingerprint density at radius 1 is 1.35 bits per heavy atom. The van der Waals surface area contributed by atoms with Gasteiger partial charge >= 0.3 is 0 Å². The number of ether oxygens (including phenoxy) is 1. The molecule has 2 N–H and O–H groups in total. The Kier molecular flexibility index (Phi) is 5.88. The number of piperidine rings is 1. The Labute approximate surface area is 154 Å². The molecule has 1 aromatic carbocycles. The van der Waals surface area contributed by atoms with Crippen LogP contribution < -0.4 is 15.4 Å². The van der Waals surface area contributed by atoms with Crippen molar-refractivity contribution in [1.29, 1.82) is 0 Å². The zero-order valence-corrected chi connectivity index (χ0v) is 15.7. The van der Waals surface area contributed by atoms with Crippen LogP contribution in [0.5, 0.6) is 5.75 Å². The Morgan fingerprint density at radius 3 is 2.69 bits per heavy atom. The van der Waals surface area contributed by atoms with Gasteiger partial charge in [-0.1, -0.05) is 6.92 Å². The maximum absolute atomic E-state index is 12.5. The second-order valence-electron chi connectivity index (χ2n) is 6.76. The van der Waals surface area contributed by atoms with Gasteiger partial charge in [-0.2, -0.15) is 10.1 Å². The van der Waals surface area contributed by atoms with Gasteiger partial charge in [0.25, 0.3) is 5.91 Å². The largest absolute Gasteiger partial charge is 0.491 e. The number of carbonyl (C=O) groups is 1. The molecular formula is C19H27N5O2. The molecule has 2 heterocycles. The first kappa shape index (κ1) is 18.4. The molecule has 7 heteroatoms. The summed E-state index contributed by atoms with van der Waals surface area (Å²) in [5.41, 5.74) is 0.563. The Balaban J connectivity index is 1.65. The summed E-state index contributed by atoms with van der Waals surface area (Å²) < 4.78 is 7.38. The summed E-state index contributed by atoms with van der Waals surface area (Å²) in [5.74, 6) is 2.20. The smallest absolute Gasteiger partial charge is 0.258 e.